The fraction of sp³-hybridized carbons (Fsp3) is 0.667. The Bertz CT molecular complexity index is 713. The molecule has 1 nitrogen and oxygen atoms in total. The Hall–Kier alpha value is -0.670. The molecule has 0 atom stereocenters. The quantitative estimate of drug-likeness (QED) is 0.417. The molecule has 0 aromatic heterocycles. The molecule has 3 heteroatoms. The van der Waals surface area contributed by atoms with Crippen LogP contribution in [0.5, 0.6) is 0 Å². The number of ketones is 1. The molecule has 0 saturated carbocycles. The van der Waals surface area contributed by atoms with Gasteiger partial charge in [-0.1, -0.05) is 107 Å². The highest BCUT2D eigenvalue weighted by Crippen LogP contribution is 2.77. The molecule has 0 N–H and O–H groups in total. The molecule has 0 fully saturated rings. The van der Waals surface area contributed by atoms with Crippen LogP contribution in [-0.4, -0.2) is 24.8 Å². The van der Waals surface area contributed by atoms with Crippen LogP contribution in [0.15, 0.2) is 44.9 Å². The maximum absolute atomic E-state index is 13.5. The molecule has 2 heterocycles. The highest BCUT2D eigenvalue weighted by molar-refractivity contribution is 8.41. The maximum atomic E-state index is 13.5. The van der Waals surface area contributed by atoms with E-state index in [1.165, 1.54) is 9.81 Å². The Kier molecular flexibility index (Phi) is 6.59. The summed E-state index contributed by atoms with van der Waals surface area (Å²) in [5.74, 6) is 0.371. The van der Waals surface area contributed by atoms with Gasteiger partial charge in [0.2, 0.25) is 0 Å². The van der Waals surface area contributed by atoms with Gasteiger partial charge in [-0.15, -0.1) is 0 Å². The molecule has 0 amide bonds. The maximum Gasteiger partial charge on any atom is 0.142 e. The Morgan fingerprint density at radius 2 is 0.867 bits per heavy atom. The smallest absolute Gasteiger partial charge is 0.142 e. The second-order valence-electron chi connectivity index (χ2n) is 12.6. The van der Waals surface area contributed by atoms with Crippen molar-refractivity contribution in [3.63, 3.8) is 0 Å². The van der Waals surface area contributed by atoms with E-state index in [4.69, 9.17) is 0 Å². The average molecular weight is 451 g/mol. The zero-order chi connectivity index (χ0) is 23.4. The van der Waals surface area contributed by atoms with Crippen LogP contribution < -0.4 is 0 Å². The van der Waals surface area contributed by atoms with Crippen LogP contribution in [0.25, 0.3) is 0 Å². The summed E-state index contributed by atoms with van der Waals surface area (Å²) in [4.78, 5) is 16.3. The van der Waals surface area contributed by atoms with Crippen molar-refractivity contribution in [2.75, 3.05) is 0 Å². The summed E-state index contributed by atoms with van der Waals surface area (Å²) in [6, 6.07) is 0. The first kappa shape index (κ1) is 25.6. The number of carbonyl (C=O) groups is 1. The minimum absolute atomic E-state index is 0.129. The van der Waals surface area contributed by atoms with Crippen LogP contribution in [0.2, 0.25) is 0 Å². The van der Waals surface area contributed by atoms with E-state index in [9.17, 15) is 4.79 Å². The Labute approximate surface area is 190 Å². The molecular weight excluding hydrogens is 404 g/mol. The summed E-state index contributed by atoms with van der Waals surface area (Å²) in [6.07, 6.45) is 10.1. The summed E-state index contributed by atoms with van der Waals surface area (Å²) in [7, 11) is -2.43. The van der Waals surface area contributed by atoms with Crippen molar-refractivity contribution in [2.45, 2.75) is 115 Å². The molecule has 0 spiro atoms. The van der Waals surface area contributed by atoms with E-state index in [0.29, 0.717) is 18.6 Å². The lowest BCUT2D eigenvalue weighted by Gasteiger charge is -2.58. The number of Topliss-reactive ketones (excluding diaryl/α,β-unsaturated/α-hetero) is 1. The molecule has 0 aliphatic carbocycles. The van der Waals surface area contributed by atoms with E-state index in [2.05, 4.69) is 118 Å². The largest absolute Gasteiger partial charge is 0.299 e. The number of hydrogen-bond acceptors (Lipinski definition) is 1. The fourth-order valence-electron chi connectivity index (χ4n) is 5.94. The van der Waals surface area contributed by atoms with Crippen LogP contribution in [0.4, 0.5) is 0 Å². The standard InChI is InChI=1S/C27H46OS2/c1-24(2,3)29(25(4,5)6)17-13-15-22(29)19-21(28)20-23-16-14-18-30(23,26(7,8)9)27(10,11)12/h13-18H,19-20H2,1-12H3. The Morgan fingerprint density at radius 1 is 0.600 bits per heavy atom. The lowest BCUT2D eigenvalue weighted by molar-refractivity contribution is -0.117. The summed E-state index contributed by atoms with van der Waals surface area (Å²) >= 11 is 0. The molecule has 172 valence electrons. The summed E-state index contributed by atoms with van der Waals surface area (Å²) in [5, 5.41) is 4.87. The molecule has 0 saturated heterocycles. The van der Waals surface area contributed by atoms with E-state index in [1.54, 1.807) is 0 Å². The van der Waals surface area contributed by atoms with Gasteiger partial charge in [0.05, 0.1) is 0 Å². The van der Waals surface area contributed by atoms with Crippen molar-refractivity contribution in [3.05, 3.63) is 44.9 Å². The van der Waals surface area contributed by atoms with Crippen LogP contribution in [0.1, 0.15) is 95.9 Å². The van der Waals surface area contributed by atoms with Crippen LogP contribution >= 0.6 is 20.1 Å². The van der Waals surface area contributed by atoms with Gasteiger partial charge < -0.3 is 0 Å². The van der Waals surface area contributed by atoms with E-state index in [-0.39, 0.29) is 19.0 Å². The average Bonchev–Trinajstić information content (AvgIpc) is 3.09. The SMILES string of the molecule is CC(C)(C)S1(C(C)(C)C)C=CC=C1CC(=O)CC1=CC=CS1(C(C)(C)C)C(C)(C)C. The van der Waals surface area contributed by atoms with E-state index in [0.717, 1.165) is 0 Å². The van der Waals surface area contributed by atoms with Gasteiger partial charge in [-0.2, -0.15) is 20.1 Å². The van der Waals surface area contributed by atoms with Crippen LogP contribution in [0.3, 0.4) is 0 Å². The number of rotatable bonds is 4. The monoisotopic (exact) mass is 450 g/mol. The lowest BCUT2D eigenvalue weighted by Crippen LogP contribution is -2.38. The third-order valence-corrected chi connectivity index (χ3v) is 17.6. The van der Waals surface area contributed by atoms with E-state index >= 15 is 0 Å². The van der Waals surface area contributed by atoms with Gasteiger partial charge in [0, 0.05) is 12.8 Å². The van der Waals surface area contributed by atoms with Crippen molar-refractivity contribution in [3.8, 4) is 0 Å². The molecule has 0 bridgehead atoms. The van der Waals surface area contributed by atoms with Crippen molar-refractivity contribution < 1.29 is 4.79 Å². The predicted molar refractivity (Wildman–Crippen MR) is 143 cm³/mol. The van der Waals surface area contributed by atoms with Gasteiger partial charge in [0.1, 0.15) is 5.78 Å². The third-order valence-electron chi connectivity index (χ3n) is 6.56. The second kappa shape index (κ2) is 7.73. The first-order valence-electron chi connectivity index (χ1n) is 11.2. The van der Waals surface area contributed by atoms with Crippen molar-refractivity contribution >= 4 is 25.8 Å². The first-order valence-corrected chi connectivity index (χ1v) is 14.6. The number of hydrogen-bond donors (Lipinski definition) is 0. The first-order chi connectivity index (χ1) is 13.3. The molecule has 30 heavy (non-hydrogen) atoms. The Balaban J connectivity index is 2.34. The van der Waals surface area contributed by atoms with E-state index in [1.807, 2.05) is 0 Å². The minimum atomic E-state index is -1.22. The van der Waals surface area contributed by atoms with E-state index < -0.39 is 20.1 Å². The molecular formula is C27H46OS2. The molecule has 2 aliphatic rings. The molecule has 0 radical (unpaired) electrons. The van der Waals surface area contributed by atoms with Crippen LogP contribution in [0, 0.1) is 0 Å². The molecule has 0 aromatic carbocycles. The third kappa shape index (κ3) is 3.94. The highest BCUT2D eigenvalue weighted by atomic mass is 32.3. The topological polar surface area (TPSA) is 17.1 Å². The minimum Gasteiger partial charge on any atom is -0.299 e. The highest BCUT2D eigenvalue weighted by Gasteiger charge is 2.50. The van der Waals surface area contributed by atoms with Gasteiger partial charge >= 0.3 is 0 Å². The van der Waals surface area contributed by atoms with Gasteiger partial charge in [0.25, 0.3) is 0 Å². The molecule has 2 aliphatic heterocycles. The normalized spacial score (nSPS) is 23.2. The van der Waals surface area contributed by atoms with Gasteiger partial charge in [-0.05, 0) is 39.6 Å². The van der Waals surface area contributed by atoms with Gasteiger partial charge in [-0.3, -0.25) is 4.79 Å². The fourth-order valence-corrected chi connectivity index (χ4v) is 16.7. The number of allylic oxidation sites excluding steroid dienone is 6. The summed E-state index contributed by atoms with van der Waals surface area (Å²) < 4.78 is 0.517. The zero-order valence-corrected chi connectivity index (χ0v) is 23.2. The molecule has 2 rings (SSSR count). The van der Waals surface area contributed by atoms with Gasteiger partial charge in [-0.25, -0.2) is 0 Å². The van der Waals surface area contributed by atoms with Crippen molar-refractivity contribution in [1.82, 2.24) is 0 Å². The lowest BCUT2D eigenvalue weighted by atomic mass is 10.2. The predicted octanol–water partition coefficient (Wildman–Crippen LogP) is 8.96. The summed E-state index contributed by atoms with van der Waals surface area (Å²) in [5.41, 5.74) is 0. The van der Waals surface area contributed by atoms with Gasteiger partial charge in [0.15, 0.2) is 0 Å². The van der Waals surface area contributed by atoms with Crippen LogP contribution in [-0.2, 0) is 4.79 Å². The second-order valence-corrected chi connectivity index (χ2v) is 21.7. The van der Waals surface area contributed by atoms with Crippen molar-refractivity contribution in [1.29, 1.82) is 0 Å². The summed E-state index contributed by atoms with van der Waals surface area (Å²) in [6.45, 7) is 28.2. The van der Waals surface area contributed by atoms with Crippen molar-refractivity contribution in [2.24, 2.45) is 0 Å². The number of carbonyl (C=O) groups excluding carboxylic acids is 1. The molecule has 0 unspecified atom stereocenters. The Morgan fingerprint density at radius 3 is 1.10 bits per heavy atom. The molecule has 0 aromatic rings. The zero-order valence-electron chi connectivity index (χ0n) is 21.6.